The number of carbonyl (C=O) groups is 3. The van der Waals surface area contributed by atoms with E-state index in [1.54, 1.807) is 49.4 Å². The molecule has 0 spiro atoms. The summed E-state index contributed by atoms with van der Waals surface area (Å²) in [5, 5.41) is 17.3. The van der Waals surface area contributed by atoms with Crippen LogP contribution in [0.15, 0.2) is 164 Å². The molecule has 0 saturated carbocycles. The highest BCUT2D eigenvalue weighted by molar-refractivity contribution is 6.06. The first kappa shape index (κ1) is 48.4. The fourth-order valence-corrected chi connectivity index (χ4v) is 9.77. The average molecular weight is 979 g/mol. The molecule has 2 amide bonds. The van der Waals surface area contributed by atoms with Crippen molar-refractivity contribution in [3.8, 4) is 22.6 Å². The van der Waals surface area contributed by atoms with Crippen LogP contribution in [-0.2, 0) is 35.9 Å². The molecule has 10 rings (SSSR count). The summed E-state index contributed by atoms with van der Waals surface area (Å²) in [7, 11) is 3.25. The first-order valence-electron chi connectivity index (χ1n) is 24.3. The van der Waals surface area contributed by atoms with E-state index in [1.165, 1.54) is 6.33 Å². The van der Waals surface area contributed by atoms with Crippen LogP contribution in [0.2, 0.25) is 0 Å². The summed E-state index contributed by atoms with van der Waals surface area (Å²) in [5.74, 6) is 0.336. The van der Waals surface area contributed by atoms with E-state index in [0.717, 1.165) is 44.5 Å². The summed E-state index contributed by atoms with van der Waals surface area (Å²) in [4.78, 5) is 52.8. The Morgan fingerprint density at radius 3 is 1.99 bits per heavy atom. The van der Waals surface area contributed by atoms with E-state index >= 15 is 0 Å². The van der Waals surface area contributed by atoms with Crippen LogP contribution in [0.5, 0.6) is 11.5 Å². The van der Waals surface area contributed by atoms with Crippen molar-refractivity contribution in [1.82, 2.24) is 24.8 Å². The Morgan fingerprint density at radius 2 is 1.34 bits per heavy atom. The highest BCUT2D eigenvalue weighted by Gasteiger charge is 2.42. The smallest absolute Gasteiger partial charge is 0.317 e. The number of aromatic nitrogens is 4. The number of methoxy groups -OCH3 is 2. The van der Waals surface area contributed by atoms with E-state index in [9.17, 15) is 19.5 Å². The number of nitrogens with zero attached hydrogens (tertiary/aromatic N) is 4. The summed E-state index contributed by atoms with van der Waals surface area (Å²) in [5.41, 5.74) is 7.42. The third kappa shape index (κ3) is 10.0. The fraction of sp³-hybridized carbons (Fsp3) is 0.241. The van der Waals surface area contributed by atoms with Crippen LogP contribution in [0.4, 0.5) is 5.82 Å². The van der Waals surface area contributed by atoms with E-state index < -0.39 is 35.9 Å². The molecule has 15 nitrogen and oxygen atoms in total. The van der Waals surface area contributed by atoms with Crippen LogP contribution in [-0.4, -0.2) is 82.1 Å². The number of benzene rings is 6. The summed E-state index contributed by atoms with van der Waals surface area (Å²) in [6.45, 7) is 0.529. The van der Waals surface area contributed by atoms with Crippen LogP contribution in [0.1, 0.15) is 81.6 Å². The quantitative estimate of drug-likeness (QED) is 0.0398. The highest BCUT2D eigenvalue weighted by Crippen LogP contribution is 2.46. The summed E-state index contributed by atoms with van der Waals surface area (Å²) in [6, 6.07) is 48.1. The van der Waals surface area contributed by atoms with Gasteiger partial charge in [0, 0.05) is 24.9 Å². The van der Waals surface area contributed by atoms with Gasteiger partial charge in [-0.25, -0.2) is 15.0 Å². The molecule has 3 atom stereocenters. The molecule has 370 valence electrons. The number of fused-ring (bicyclic) bond motifs is 4. The van der Waals surface area contributed by atoms with Crippen molar-refractivity contribution < 1.29 is 43.2 Å². The zero-order valence-corrected chi connectivity index (χ0v) is 40.3. The molecule has 1 saturated heterocycles. The molecule has 1 aliphatic heterocycles. The number of hydrogen-bond acceptors (Lipinski definition) is 12. The zero-order valence-electron chi connectivity index (χ0n) is 40.3. The number of unbranched alkanes of at least 4 members (excludes halogenated alkanes) is 1. The molecular formula is C58H54N6O9. The van der Waals surface area contributed by atoms with Crippen molar-refractivity contribution in [3.63, 3.8) is 0 Å². The predicted molar refractivity (Wildman–Crippen MR) is 273 cm³/mol. The Morgan fingerprint density at radius 1 is 0.726 bits per heavy atom. The standard InChI is InChI=1S/C58H54N6O9/c1-69-42-27-23-40(24-28-42)58(39-12-4-3-5-13-39,41-25-29-43(70-2)30-26-41)72-34-49-48(65)32-51(73-49)64-36-62-53-54(60-35-61-55(53)64)63-56(67)38-21-19-37(20-22-38)33-59-50(66)18-10-11-31-71-57(68)52-46-16-8-6-14-44(46)45-15-7-9-17-47(45)52/h3-9,12-17,19-30,35-36,48-49,51-52,65H,10-11,18,31-34H2,1-2H3,(H,59,66)(H,60,61,63,67)/t48-,49-,51-/m1/s1. The fourth-order valence-electron chi connectivity index (χ4n) is 9.77. The normalized spacial score (nSPS) is 16.1. The second-order valence-corrected chi connectivity index (χ2v) is 18.0. The lowest BCUT2D eigenvalue weighted by atomic mass is 9.80. The van der Waals surface area contributed by atoms with Gasteiger partial charge in [0.05, 0.1) is 39.9 Å². The topological polar surface area (TPSA) is 185 Å². The number of hydrogen-bond donors (Lipinski definition) is 3. The minimum Gasteiger partial charge on any atom is -0.497 e. The van der Waals surface area contributed by atoms with Crippen LogP contribution in [0, 0.1) is 0 Å². The second-order valence-electron chi connectivity index (χ2n) is 18.0. The van der Waals surface area contributed by atoms with Gasteiger partial charge in [-0.15, -0.1) is 0 Å². The summed E-state index contributed by atoms with van der Waals surface area (Å²) >= 11 is 0. The Kier molecular flexibility index (Phi) is 14.3. The lowest BCUT2D eigenvalue weighted by Crippen LogP contribution is -2.38. The molecule has 1 fully saturated rings. The van der Waals surface area contributed by atoms with Crippen molar-refractivity contribution in [2.24, 2.45) is 0 Å². The molecule has 1 aliphatic carbocycles. The Labute approximate surface area is 422 Å². The Bertz CT molecular complexity index is 3130. The van der Waals surface area contributed by atoms with E-state index in [-0.39, 0.29) is 50.3 Å². The van der Waals surface area contributed by atoms with E-state index in [1.807, 2.05) is 127 Å². The molecule has 3 N–H and O–H groups in total. The van der Waals surface area contributed by atoms with Gasteiger partial charge in [0.2, 0.25) is 5.91 Å². The molecule has 73 heavy (non-hydrogen) atoms. The van der Waals surface area contributed by atoms with Gasteiger partial charge >= 0.3 is 5.97 Å². The molecule has 2 aliphatic rings. The molecule has 2 aromatic heterocycles. The SMILES string of the molecule is COc1ccc(C(OC[C@H]2O[C@@H](n3cnc4c(NC(=O)c5ccc(CNC(=O)CCCCOC(=O)C6c7ccccc7-c7ccccc76)cc5)ncnc43)C[C@H]2O)(c2ccccc2)c2ccc(OC)cc2)cc1. The van der Waals surface area contributed by atoms with Crippen molar-refractivity contribution in [2.75, 3.05) is 32.8 Å². The van der Waals surface area contributed by atoms with Gasteiger partial charge in [-0.1, -0.05) is 115 Å². The monoisotopic (exact) mass is 978 g/mol. The van der Waals surface area contributed by atoms with Crippen LogP contribution in [0.3, 0.4) is 0 Å². The average Bonchev–Trinajstić information content (AvgIpc) is 4.14. The van der Waals surface area contributed by atoms with E-state index in [2.05, 4.69) is 25.6 Å². The number of anilines is 1. The minimum absolute atomic E-state index is 0.0201. The Balaban J connectivity index is 0.729. The van der Waals surface area contributed by atoms with Crippen molar-refractivity contribution in [1.29, 1.82) is 0 Å². The number of nitrogens with one attached hydrogen (secondary N) is 2. The number of aliphatic hydroxyl groups excluding tert-OH is 1. The first-order valence-corrected chi connectivity index (χ1v) is 24.3. The number of carbonyl (C=O) groups excluding carboxylic acids is 3. The summed E-state index contributed by atoms with van der Waals surface area (Å²) < 4.78 is 32.0. The Hall–Kier alpha value is -8.24. The van der Waals surface area contributed by atoms with Crippen molar-refractivity contribution in [3.05, 3.63) is 203 Å². The molecular weight excluding hydrogens is 925 g/mol. The highest BCUT2D eigenvalue weighted by atomic mass is 16.6. The zero-order chi connectivity index (χ0) is 50.3. The van der Waals surface area contributed by atoms with Crippen LogP contribution >= 0.6 is 0 Å². The maximum Gasteiger partial charge on any atom is 0.317 e. The number of aliphatic hydroxyl groups is 1. The van der Waals surface area contributed by atoms with Gasteiger partial charge in [0.15, 0.2) is 17.0 Å². The van der Waals surface area contributed by atoms with Gasteiger partial charge in [-0.2, -0.15) is 0 Å². The van der Waals surface area contributed by atoms with E-state index in [0.29, 0.717) is 41.1 Å². The van der Waals surface area contributed by atoms with E-state index in [4.69, 9.17) is 23.7 Å². The molecule has 8 aromatic rings. The van der Waals surface area contributed by atoms with Gasteiger partial charge in [0.25, 0.3) is 5.91 Å². The molecule has 0 radical (unpaired) electrons. The van der Waals surface area contributed by atoms with Gasteiger partial charge in [0.1, 0.15) is 41.7 Å². The molecule has 3 heterocycles. The number of imidazole rings is 1. The van der Waals surface area contributed by atoms with Gasteiger partial charge in [-0.3, -0.25) is 19.0 Å². The number of ether oxygens (including phenoxy) is 5. The number of rotatable bonds is 19. The molecule has 0 bridgehead atoms. The van der Waals surface area contributed by atoms with Crippen molar-refractivity contribution >= 4 is 34.8 Å². The summed E-state index contributed by atoms with van der Waals surface area (Å²) in [6.07, 6.45) is 2.24. The first-order chi connectivity index (χ1) is 35.7. The third-order valence-corrected chi connectivity index (χ3v) is 13.6. The predicted octanol–water partition coefficient (Wildman–Crippen LogP) is 8.90. The maximum absolute atomic E-state index is 13.5. The largest absolute Gasteiger partial charge is 0.497 e. The minimum atomic E-state index is -1.11. The second kappa shape index (κ2) is 21.6. The lowest BCUT2D eigenvalue weighted by Gasteiger charge is -2.37. The lowest BCUT2D eigenvalue weighted by molar-refractivity contribution is -0.144. The third-order valence-electron chi connectivity index (χ3n) is 13.6. The van der Waals surface area contributed by atoms with Crippen LogP contribution in [0.25, 0.3) is 22.3 Å². The van der Waals surface area contributed by atoms with Crippen molar-refractivity contribution in [2.45, 2.75) is 62.2 Å². The number of amides is 2. The maximum atomic E-state index is 13.5. The van der Waals surface area contributed by atoms with Gasteiger partial charge < -0.3 is 39.4 Å². The molecule has 15 heteroatoms. The molecule has 0 unspecified atom stereocenters. The van der Waals surface area contributed by atoms with Gasteiger partial charge in [-0.05, 0) is 93.7 Å². The molecule has 6 aromatic carbocycles. The van der Waals surface area contributed by atoms with Crippen LogP contribution < -0.4 is 20.1 Å². The number of esters is 1.